The average molecular weight is 399 g/mol. The van der Waals surface area contributed by atoms with Gasteiger partial charge in [-0.1, -0.05) is 18.2 Å². The zero-order valence-corrected chi connectivity index (χ0v) is 15.5. The molecule has 0 aromatic heterocycles. The summed E-state index contributed by atoms with van der Waals surface area (Å²) in [7, 11) is -3.94. The molecule has 2 aromatic rings. The van der Waals surface area contributed by atoms with Crippen molar-refractivity contribution in [2.24, 2.45) is 5.73 Å². The molecule has 1 fully saturated rings. The van der Waals surface area contributed by atoms with Gasteiger partial charge in [-0.05, 0) is 42.7 Å². The number of sulfonamides is 1. The van der Waals surface area contributed by atoms with Crippen molar-refractivity contribution >= 4 is 33.4 Å². The van der Waals surface area contributed by atoms with Crippen molar-refractivity contribution in [2.75, 3.05) is 5.32 Å². The third kappa shape index (κ3) is 3.03. The predicted octanol–water partition coefficient (Wildman–Crippen LogP) is 1.27. The van der Waals surface area contributed by atoms with Crippen LogP contribution in [0.15, 0.2) is 47.4 Å². The van der Waals surface area contributed by atoms with E-state index in [0.29, 0.717) is 24.1 Å². The lowest BCUT2D eigenvalue weighted by Gasteiger charge is -2.13. The molecule has 1 aliphatic carbocycles. The van der Waals surface area contributed by atoms with Crippen LogP contribution in [-0.2, 0) is 21.2 Å². The fraction of sp³-hybridized carbons (Fsp3) is 0.211. The quantitative estimate of drug-likeness (QED) is 0.783. The van der Waals surface area contributed by atoms with Crippen LogP contribution < -0.4 is 11.1 Å². The maximum Gasteiger partial charge on any atom is 0.269 e. The summed E-state index contributed by atoms with van der Waals surface area (Å²) in [4.78, 5) is 36.1. The largest absolute Gasteiger partial charge is 0.369 e. The number of para-hydroxylation sites is 1. The second kappa shape index (κ2) is 6.45. The van der Waals surface area contributed by atoms with Gasteiger partial charge in [-0.3, -0.25) is 14.4 Å². The van der Waals surface area contributed by atoms with Gasteiger partial charge in [-0.25, -0.2) is 12.7 Å². The molecule has 1 heterocycles. The fourth-order valence-corrected chi connectivity index (χ4v) is 5.08. The van der Waals surface area contributed by atoms with Gasteiger partial charge in [0.1, 0.15) is 4.90 Å². The molecule has 1 aliphatic heterocycles. The monoisotopic (exact) mass is 399 g/mol. The minimum Gasteiger partial charge on any atom is -0.369 e. The number of primary amides is 1. The Kier molecular flexibility index (Phi) is 4.19. The van der Waals surface area contributed by atoms with Crippen LogP contribution in [0.4, 0.5) is 5.69 Å². The molecule has 28 heavy (non-hydrogen) atoms. The average Bonchev–Trinajstić information content (AvgIpc) is 3.44. The number of anilines is 1. The number of carbonyl (C=O) groups is 3. The number of carbonyl (C=O) groups excluding carboxylic acids is 3. The van der Waals surface area contributed by atoms with E-state index in [1.807, 2.05) is 0 Å². The molecule has 2 aromatic carbocycles. The van der Waals surface area contributed by atoms with Crippen LogP contribution in [0.1, 0.15) is 39.1 Å². The summed E-state index contributed by atoms with van der Waals surface area (Å²) in [5, 5.41) is 2.67. The smallest absolute Gasteiger partial charge is 0.269 e. The topological polar surface area (TPSA) is 127 Å². The Labute approximate surface area is 161 Å². The van der Waals surface area contributed by atoms with Gasteiger partial charge in [0.05, 0.1) is 12.0 Å². The number of nitrogens with zero attached hydrogens (tertiary/aromatic N) is 1. The van der Waals surface area contributed by atoms with Crippen LogP contribution in [0.3, 0.4) is 0 Å². The van der Waals surface area contributed by atoms with E-state index in [1.165, 1.54) is 18.2 Å². The molecule has 8 nitrogen and oxygen atoms in total. The maximum atomic E-state index is 12.7. The van der Waals surface area contributed by atoms with Gasteiger partial charge in [-0.15, -0.1) is 0 Å². The molecule has 144 valence electrons. The molecular formula is C19H17N3O5S. The van der Waals surface area contributed by atoms with Crippen LogP contribution in [-0.4, -0.2) is 36.5 Å². The number of benzene rings is 2. The van der Waals surface area contributed by atoms with Gasteiger partial charge in [-0.2, -0.15) is 0 Å². The molecule has 0 atom stereocenters. The highest BCUT2D eigenvalue weighted by molar-refractivity contribution is 7.90. The molecule has 0 saturated heterocycles. The van der Waals surface area contributed by atoms with Crippen LogP contribution in [0.2, 0.25) is 0 Å². The lowest BCUT2D eigenvalue weighted by molar-refractivity contribution is -0.117. The summed E-state index contributed by atoms with van der Waals surface area (Å²) in [6.45, 7) is 0. The van der Waals surface area contributed by atoms with E-state index in [2.05, 4.69) is 5.32 Å². The first-order valence-corrected chi connectivity index (χ1v) is 10.1. The molecule has 0 radical (unpaired) electrons. The Morgan fingerprint density at radius 3 is 2.54 bits per heavy atom. The molecule has 2 aliphatic rings. The van der Waals surface area contributed by atoms with Crippen LogP contribution in [0, 0.1) is 0 Å². The molecule has 4 rings (SSSR count). The van der Waals surface area contributed by atoms with Gasteiger partial charge >= 0.3 is 0 Å². The van der Waals surface area contributed by atoms with Crippen LogP contribution >= 0.6 is 0 Å². The first-order valence-electron chi connectivity index (χ1n) is 8.69. The number of amides is 3. The first kappa shape index (κ1) is 18.2. The zero-order valence-electron chi connectivity index (χ0n) is 14.7. The van der Waals surface area contributed by atoms with E-state index in [-0.39, 0.29) is 28.5 Å². The number of nitrogens with two attached hydrogens (primary N) is 1. The Bertz CT molecular complexity index is 1120. The lowest BCUT2D eigenvalue weighted by Crippen LogP contribution is -2.31. The summed E-state index contributed by atoms with van der Waals surface area (Å²) in [5.41, 5.74) is 6.36. The van der Waals surface area contributed by atoms with Crippen LogP contribution in [0.25, 0.3) is 0 Å². The second-order valence-electron chi connectivity index (χ2n) is 6.80. The SMILES string of the molecule is NC(=O)Cc1ccccc1NC(=O)c1ccc2c(c1)S(=O)(=O)N(C1CC1)C2=O. The third-order valence-electron chi connectivity index (χ3n) is 4.72. The molecular weight excluding hydrogens is 382 g/mol. The Hall–Kier alpha value is -3.20. The lowest BCUT2D eigenvalue weighted by atomic mass is 10.1. The maximum absolute atomic E-state index is 12.7. The molecule has 0 unspecified atom stereocenters. The summed E-state index contributed by atoms with van der Waals surface area (Å²) in [5.74, 6) is -1.63. The van der Waals surface area contributed by atoms with Crippen molar-refractivity contribution in [2.45, 2.75) is 30.2 Å². The second-order valence-corrected chi connectivity index (χ2v) is 8.59. The van der Waals surface area contributed by atoms with Gasteiger partial charge < -0.3 is 11.1 Å². The number of hydrogen-bond donors (Lipinski definition) is 2. The van der Waals surface area contributed by atoms with Crippen molar-refractivity contribution < 1.29 is 22.8 Å². The summed E-state index contributed by atoms with van der Waals surface area (Å²) in [6.07, 6.45) is 1.27. The number of fused-ring (bicyclic) bond motifs is 1. The third-order valence-corrected chi connectivity index (χ3v) is 6.60. The van der Waals surface area contributed by atoms with Crippen molar-refractivity contribution in [1.29, 1.82) is 0 Å². The zero-order chi connectivity index (χ0) is 20.1. The number of nitrogens with one attached hydrogen (secondary N) is 1. The van der Waals surface area contributed by atoms with E-state index >= 15 is 0 Å². The first-order chi connectivity index (χ1) is 13.3. The van der Waals surface area contributed by atoms with Crippen molar-refractivity contribution in [3.63, 3.8) is 0 Å². The van der Waals surface area contributed by atoms with Gasteiger partial charge in [0.25, 0.3) is 21.8 Å². The normalized spacial score (nSPS) is 17.3. The highest BCUT2D eigenvalue weighted by Crippen LogP contribution is 2.39. The van der Waals surface area contributed by atoms with E-state index in [0.717, 1.165) is 4.31 Å². The van der Waals surface area contributed by atoms with Gasteiger partial charge in [0.15, 0.2) is 0 Å². The van der Waals surface area contributed by atoms with Crippen molar-refractivity contribution in [3.8, 4) is 0 Å². The van der Waals surface area contributed by atoms with E-state index in [4.69, 9.17) is 5.73 Å². The molecule has 3 amide bonds. The molecule has 0 bridgehead atoms. The fourth-order valence-electron chi connectivity index (χ4n) is 3.24. The highest BCUT2D eigenvalue weighted by Gasteiger charge is 2.48. The van der Waals surface area contributed by atoms with E-state index in [9.17, 15) is 22.8 Å². The van der Waals surface area contributed by atoms with Crippen molar-refractivity contribution in [1.82, 2.24) is 4.31 Å². The minimum atomic E-state index is -3.94. The molecule has 3 N–H and O–H groups in total. The minimum absolute atomic E-state index is 0.0418. The van der Waals surface area contributed by atoms with Gasteiger partial charge in [0.2, 0.25) is 5.91 Å². The molecule has 0 spiro atoms. The van der Waals surface area contributed by atoms with Gasteiger partial charge in [0, 0.05) is 17.3 Å². The van der Waals surface area contributed by atoms with Crippen LogP contribution in [0.5, 0.6) is 0 Å². The van der Waals surface area contributed by atoms with E-state index in [1.54, 1.807) is 24.3 Å². The Morgan fingerprint density at radius 1 is 1.14 bits per heavy atom. The number of hydrogen-bond acceptors (Lipinski definition) is 5. The van der Waals surface area contributed by atoms with E-state index < -0.39 is 27.7 Å². The molecule has 1 saturated carbocycles. The standard InChI is InChI=1S/C19H17N3O5S/c20-17(23)10-11-3-1-2-4-15(11)21-18(24)12-5-8-14-16(9-12)28(26,27)22(19(14)25)13-6-7-13/h1-5,8-9,13H,6-7,10H2,(H2,20,23)(H,21,24). The Morgan fingerprint density at radius 2 is 1.86 bits per heavy atom. The van der Waals surface area contributed by atoms with Crippen molar-refractivity contribution in [3.05, 3.63) is 59.2 Å². The number of rotatable bonds is 5. The predicted molar refractivity (Wildman–Crippen MR) is 100 cm³/mol. The summed E-state index contributed by atoms with van der Waals surface area (Å²) >= 11 is 0. The summed E-state index contributed by atoms with van der Waals surface area (Å²) < 4.78 is 26.3. The molecule has 9 heteroatoms. The Balaban J connectivity index is 1.64. The highest BCUT2D eigenvalue weighted by atomic mass is 32.2. The summed E-state index contributed by atoms with van der Waals surface area (Å²) in [6, 6.07) is 10.4.